The van der Waals surface area contributed by atoms with Gasteiger partial charge in [-0.15, -0.1) is 0 Å². The second kappa shape index (κ2) is 17.7. The minimum atomic E-state index is -4.48. The summed E-state index contributed by atoms with van der Waals surface area (Å²) in [6.45, 7) is 16.5. The highest BCUT2D eigenvalue weighted by Gasteiger charge is 2.41. The number of allylic oxidation sites excluding steroid dienone is 8. The van der Waals surface area contributed by atoms with Crippen LogP contribution in [0, 0.1) is 12.8 Å². The molecule has 0 amide bonds. The fourth-order valence-corrected chi connectivity index (χ4v) is 8.76. The molecule has 1 aliphatic heterocycles. The number of nitrogens with zero attached hydrogens (tertiary/aromatic N) is 1. The molecule has 2 aliphatic rings. The van der Waals surface area contributed by atoms with Gasteiger partial charge in [0.05, 0.1) is 15.7 Å². The van der Waals surface area contributed by atoms with Crippen LogP contribution in [0.25, 0.3) is 0 Å². The predicted molar refractivity (Wildman–Crippen MR) is 230 cm³/mol. The zero-order valence-corrected chi connectivity index (χ0v) is 36.4. The monoisotopic (exact) mass is 859 g/mol. The van der Waals surface area contributed by atoms with E-state index in [9.17, 15) is 45.7 Å². The van der Waals surface area contributed by atoms with Crippen molar-refractivity contribution in [2.45, 2.75) is 101 Å². The molecule has 0 saturated carbocycles. The SMILES string of the molecule is C=C(/C=C/C1=C(Oc2ccc(CCC(=O)O)cc2)C(=C/C=C2/N(CCCC)c3ccc(S(=O)(=O)O)cc3C2(C)C)/CC(C(=O)O)C1)C(C)(C)c1cc(S(=O)(=O)O)ccc1C. The zero-order valence-electron chi connectivity index (χ0n) is 34.7. The van der Waals surface area contributed by atoms with E-state index in [2.05, 4.69) is 18.4 Å². The fraction of sp³-hybridized carbons (Fsp3) is 0.348. The fourth-order valence-electron chi connectivity index (χ4n) is 7.75. The standard InChI is InChI=1S/C46H53NO11S2/c1-8-9-24-47-40-21-20-37(60(55,56)57)28-39(40)46(6,7)41(47)22-16-33-26-34(44(50)51)25-32(43(33)58-35-17-12-31(13-18-35)14-23-42(48)49)15-11-30(3)45(4,5)38-27-36(59(52,53)54)19-10-29(38)2/h10-13,15-22,27-28,34H,3,8-9,14,23-26H2,1-2,4-7H3,(H,48,49)(H,50,51)(H,52,53,54)(H,55,56,57)/b15-11+,33-16+,41-22+. The van der Waals surface area contributed by atoms with Crippen LogP contribution in [0.15, 0.2) is 130 Å². The molecule has 1 unspecified atom stereocenters. The molecule has 12 nitrogen and oxygen atoms in total. The van der Waals surface area contributed by atoms with E-state index in [1.54, 1.807) is 48.6 Å². The highest BCUT2D eigenvalue weighted by molar-refractivity contribution is 7.86. The van der Waals surface area contributed by atoms with Crippen molar-refractivity contribution in [3.8, 4) is 5.75 Å². The van der Waals surface area contributed by atoms with Crippen molar-refractivity contribution in [3.63, 3.8) is 0 Å². The van der Waals surface area contributed by atoms with Gasteiger partial charge in [-0.1, -0.05) is 84.0 Å². The minimum Gasteiger partial charge on any atom is -0.481 e. The van der Waals surface area contributed by atoms with Crippen LogP contribution in [0.2, 0.25) is 0 Å². The molecule has 4 N–H and O–H groups in total. The summed E-state index contributed by atoms with van der Waals surface area (Å²) in [6, 6.07) is 15.9. The summed E-state index contributed by atoms with van der Waals surface area (Å²) in [6.07, 6.45) is 9.50. The second-order valence-corrected chi connectivity index (χ2v) is 19.2. The molecular formula is C46H53NO11S2. The third-order valence-corrected chi connectivity index (χ3v) is 13.1. The molecule has 0 radical (unpaired) electrons. The third kappa shape index (κ3) is 10.2. The Labute approximate surface area is 352 Å². The van der Waals surface area contributed by atoms with Gasteiger partial charge in [0.2, 0.25) is 0 Å². The molecule has 320 valence electrons. The van der Waals surface area contributed by atoms with Crippen molar-refractivity contribution in [2.75, 3.05) is 11.4 Å². The molecule has 0 aromatic heterocycles. The summed E-state index contributed by atoms with van der Waals surface area (Å²) >= 11 is 0. The van der Waals surface area contributed by atoms with E-state index in [-0.39, 0.29) is 29.1 Å². The van der Waals surface area contributed by atoms with E-state index in [4.69, 9.17) is 4.74 Å². The first kappa shape index (κ1) is 45.8. The van der Waals surface area contributed by atoms with E-state index >= 15 is 0 Å². The molecule has 3 aromatic rings. The molecule has 0 saturated heterocycles. The average molecular weight is 860 g/mol. The number of anilines is 1. The van der Waals surface area contributed by atoms with Gasteiger partial charge in [-0.3, -0.25) is 18.7 Å². The maximum atomic E-state index is 12.7. The van der Waals surface area contributed by atoms with Crippen LogP contribution in [0.3, 0.4) is 0 Å². The van der Waals surface area contributed by atoms with Gasteiger partial charge in [0.1, 0.15) is 11.5 Å². The highest BCUT2D eigenvalue weighted by Crippen LogP contribution is 2.49. The number of aliphatic carboxylic acids is 2. The van der Waals surface area contributed by atoms with E-state index in [0.29, 0.717) is 52.3 Å². The van der Waals surface area contributed by atoms with Crippen molar-refractivity contribution in [1.82, 2.24) is 0 Å². The summed E-state index contributed by atoms with van der Waals surface area (Å²) in [5.41, 5.74) is 4.69. The van der Waals surface area contributed by atoms with Crippen LogP contribution < -0.4 is 9.64 Å². The lowest BCUT2D eigenvalue weighted by atomic mass is 9.76. The van der Waals surface area contributed by atoms with Crippen LogP contribution in [-0.2, 0) is 47.1 Å². The Morgan fingerprint density at radius 1 is 0.933 bits per heavy atom. The van der Waals surface area contributed by atoms with E-state index in [1.165, 1.54) is 24.3 Å². The van der Waals surface area contributed by atoms with Crippen LogP contribution in [0.1, 0.15) is 89.0 Å². The summed E-state index contributed by atoms with van der Waals surface area (Å²) in [5.74, 6) is -1.90. The van der Waals surface area contributed by atoms with Gasteiger partial charge in [0, 0.05) is 35.2 Å². The second-order valence-electron chi connectivity index (χ2n) is 16.4. The van der Waals surface area contributed by atoms with Gasteiger partial charge in [0.15, 0.2) is 0 Å². The number of fused-ring (bicyclic) bond motifs is 1. The summed E-state index contributed by atoms with van der Waals surface area (Å²) in [5, 5.41) is 19.6. The maximum absolute atomic E-state index is 12.7. The van der Waals surface area contributed by atoms with Gasteiger partial charge in [-0.05, 0) is 120 Å². The van der Waals surface area contributed by atoms with E-state index in [0.717, 1.165) is 35.4 Å². The lowest BCUT2D eigenvalue weighted by molar-refractivity contribution is -0.141. The number of hydrogen-bond acceptors (Lipinski definition) is 8. The Balaban J connectivity index is 1.66. The number of benzene rings is 3. The smallest absolute Gasteiger partial charge is 0.307 e. The Morgan fingerprint density at radius 3 is 2.17 bits per heavy atom. The topological polar surface area (TPSA) is 196 Å². The first-order valence-corrected chi connectivity index (χ1v) is 22.5. The molecule has 1 heterocycles. The molecule has 14 heteroatoms. The van der Waals surface area contributed by atoms with Crippen molar-refractivity contribution >= 4 is 37.9 Å². The third-order valence-electron chi connectivity index (χ3n) is 11.4. The van der Waals surface area contributed by atoms with Crippen molar-refractivity contribution in [2.24, 2.45) is 5.92 Å². The molecule has 5 rings (SSSR count). The van der Waals surface area contributed by atoms with E-state index < -0.39 is 48.9 Å². The molecule has 0 fully saturated rings. The quantitative estimate of drug-likeness (QED) is 0.0789. The molecule has 1 aliphatic carbocycles. The lowest BCUT2D eigenvalue weighted by Gasteiger charge is -2.30. The lowest BCUT2D eigenvalue weighted by Crippen LogP contribution is -2.27. The molecule has 1 atom stereocenters. The molecule has 0 spiro atoms. The van der Waals surface area contributed by atoms with Gasteiger partial charge in [0.25, 0.3) is 20.2 Å². The van der Waals surface area contributed by atoms with Crippen molar-refractivity contribution < 1.29 is 50.5 Å². The summed E-state index contributed by atoms with van der Waals surface area (Å²) in [7, 11) is -8.95. The first-order valence-electron chi connectivity index (χ1n) is 19.7. The first-order chi connectivity index (χ1) is 27.9. The van der Waals surface area contributed by atoms with Crippen molar-refractivity contribution in [1.29, 1.82) is 0 Å². The molecule has 0 bridgehead atoms. The number of carboxylic acid groups (broad SMARTS) is 2. The normalized spacial score (nSPS) is 18.3. The molecular weight excluding hydrogens is 807 g/mol. The maximum Gasteiger partial charge on any atom is 0.307 e. The Morgan fingerprint density at radius 2 is 1.57 bits per heavy atom. The predicted octanol–water partition coefficient (Wildman–Crippen LogP) is 9.13. The molecule has 3 aromatic carbocycles. The minimum absolute atomic E-state index is 0.0368. The molecule has 60 heavy (non-hydrogen) atoms. The van der Waals surface area contributed by atoms with E-state index in [1.807, 2.05) is 46.8 Å². The average Bonchev–Trinajstić information content (AvgIpc) is 3.38. The Hall–Kier alpha value is -5.28. The number of aryl methyl sites for hydroxylation is 2. The Bertz CT molecular complexity index is 2540. The van der Waals surface area contributed by atoms with Gasteiger partial charge in [-0.2, -0.15) is 16.8 Å². The van der Waals surface area contributed by atoms with Crippen LogP contribution in [0.4, 0.5) is 5.69 Å². The Kier molecular flexibility index (Phi) is 13.5. The largest absolute Gasteiger partial charge is 0.481 e. The number of carbonyl (C=O) groups is 2. The zero-order chi connectivity index (χ0) is 44.4. The number of unbranched alkanes of at least 4 members (excludes halogenated alkanes) is 1. The van der Waals surface area contributed by atoms with Crippen LogP contribution >= 0.6 is 0 Å². The highest BCUT2D eigenvalue weighted by atomic mass is 32.2. The van der Waals surface area contributed by atoms with Gasteiger partial charge >= 0.3 is 11.9 Å². The summed E-state index contributed by atoms with van der Waals surface area (Å²) in [4.78, 5) is 25.6. The van der Waals surface area contributed by atoms with Crippen molar-refractivity contribution in [3.05, 3.63) is 142 Å². The number of carboxylic acids is 2. The number of rotatable bonds is 16. The number of hydrogen-bond donors (Lipinski definition) is 4. The van der Waals surface area contributed by atoms with Crippen LogP contribution in [0.5, 0.6) is 5.75 Å². The van der Waals surface area contributed by atoms with Crippen LogP contribution in [-0.4, -0.2) is 54.6 Å². The summed E-state index contributed by atoms with van der Waals surface area (Å²) < 4.78 is 74.7. The van der Waals surface area contributed by atoms with Gasteiger partial charge in [-0.25, -0.2) is 0 Å². The van der Waals surface area contributed by atoms with Gasteiger partial charge < -0.3 is 19.8 Å². The number of ether oxygens (including phenoxy) is 1.